The number of amides is 1. The molecular formula is C12H15ClN2O3. The van der Waals surface area contributed by atoms with Gasteiger partial charge >= 0.3 is 5.97 Å². The van der Waals surface area contributed by atoms with Gasteiger partial charge in [0.2, 0.25) is 5.91 Å². The fourth-order valence-electron chi connectivity index (χ4n) is 1.28. The van der Waals surface area contributed by atoms with E-state index in [-0.39, 0.29) is 12.3 Å². The lowest BCUT2D eigenvalue weighted by molar-refractivity contribution is -0.139. The second-order valence-corrected chi connectivity index (χ2v) is 4.26. The highest BCUT2D eigenvalue weighted by molar-refractivity contribution is 6.30. The van der Waals surface area contributed by atoms with Crippen molar-refractivity contribution in [1.82, 2.24) is 5.32 Å². The molecule has 5 nitrogen and oxygen atoms in total. The number of carbonyl (C=O) groups is 2. The molecule has 0 bridgehead atoms. The van der Waals surface area contributed by atoms with E-state index in [0.717, 1.165) is 0 Å². The smallest absolute Gasteiger partial charge is 0.320 e. The fourth-order valence-corrected chi connectivity index (χ4v) is 1.47. The first-order valence-electron chi connectivity index (χ1n) is 5.50. The Labute approximate surface area is 110 Å². The zero-order valence-corrected chi connectivity index (χ0v) is 10.7. The quantitative estimate of drug-likeness (QED) is 0.736. The topological polar surface area (TPSA) is 78.4 Å². The molecule has 1 amide bonds. The number of aliphatic carboxylic acids is 1. The van der Waals surface area contributed by atoms with Gasteiger partial charge in [0, 0.05) is 23.7 Å². The Kier molecular flexibility index (Phi) is 5.61. The molecule has 0 spiro atoms. The van der Waals surface area contributed by atoms with Crippen LogP contribution < -0.4 is 10.6 Å². The van der Waals surface area contributed by atoms with Crippen molar-refractivity contribution >= 4 is 29.2 Å². The molecule has 1 atom stereocenters. The van der Waals surface area contributed by atoms with Crippen molar-refractivity contribution < 1.29 is 14.7 Å². The Morgan fingerprint density at radius 2 is 2.17 bits per heavy atom. The number of hydrogen-bond acceptors (Lipinski definition) is 3. The van der Waals surface area contributed by atoms with E-state index in [1.807, 2.05) is 0 Å². The molecule has 0 aliphatic heterocycles. The first-order chi connectivity index (χ1) is 8.49. The summed E-state index contributed by atoms with van der Waals surface area (Å²) >= 11 is 5.78. The van der Waals surface area contributed by atoms with Crippen molar-refractivity contribution in [3.63, 3.8) is 0 Å². The summed E-state index contributed by atoms with van der Waals surface area (Å²) in [5.74, 6) is -1.13. The van der Waals surface area contributed by atoms with Gasteiger partial charge in [0.1, 0.15) is 6.04 Å². The molecular weight excluding hydrogens is 256 g/mol. The highest BCUT2D eigenvalue weighted by Gasteiger charge is 2.10. The summed E-state index contributed by atoms with van der Waals surface area (Å²) in [7, 11) is 0. The zero-order chi connectivity index (χ0) is 13.5. The SMILES string of the molecule is C[C@H](NCCC(=O)Nc1cccc(Cl)c1)C(=O)O. The highest BCUT2D eigenvalue weighted by atomic mass is 35.5. The predicted molar refractivity (Wildman–Crippen MR) is 69.8 cm³/mol. The van der Waals surface area contributed by atoms with Crippen molar-refractivity contribution in [3.05, 3.63) is 29.3 Å². The van der Waals surface area contributed by atoms with Gasteiger partial charge in [-0.15, -0.1) is 0 Å². The molecule has 0 fully saturated rings. The first-order valence-corrected chi connectivity index (χ1v) is 5.88. The summed E-state index contributed by atoms with van der Waals surface area (Å²) in [4.78, 5) is 22.1. The molecule has 0 aliphatic carbocycles. The van der Waals surface area contributed by atoms with E-state index in [1.165, 1.54) is 6.92 Å². The minimum atomic E-state index is -0.940. The number of carboxylic acids is 1. The third-order valence-electron chi connectivity index (χ3n) is 2.28. The number of carboxylic acid groups (broad SMARTS) is 1. The summed E-state index contributed by atoms with van der Waals surface area (Å²) in [6, 6.07) is 6.17. The number of rotatable bonds is 6. The molecule has 1 aromatic carbocycles. The molecule has 0 saturated carbocycles. The van der Waals surface area contributed by atoms with Crippen molar-refractivity contribution in [2.24, 2.45) is 0 Å². The van der Waals surface area contributed by atoms with Crippen molar-refractivity contribution in [1.29, 1.82) is 0 Å². The molecule has 0 radical (unpaired) electrons. The van der Waals surface area contributed by atoms with Crippen molar-refractivity contribution in [2.75, 3.05) is 11.9 Å². The van der Waals surface area contributed by atoms with Crippen molar-refractivity contribution in [3.8, 4) is 0 Å². The van der Waals surface area contributed by atoms with Crippen LogP contribution in [0.4, 0.5) is 5.69 Å². The summed E-state index contributed by atoms with van der Waals surface area (Å²) < 4.78 is 0. The fraction of sp³-hybridized carbons (Fsp3) is 0.333. The van der Waals surface area contributed by atoms with E-state index in [9.17, 15) is 9.59 Å². The summed E-state index contributed by atoms with van der Waals surface area (Å²) in [6.07, 6.45) is 0.199. The molecule has 0 saturated heterocycles. The lowest BCUT2D eigenvalue weighted by Crippen LogP contribution is -2.35. The Balaban J connectivity index is 2.32. The van der Waals surface area contributed by atoms with E-state index in [4.69, 9.17) is 16.7 Å². The second kappa shape index (κ2) is 6.98. The third-order valence-corrected chi connectivity index (χ3v) is 2.52. The average Bonchev–Trinajstić information content (AvgIpc) is 2.28. The van der Waals surface area contributed by atoms with Gasteiger partial charge < -0.3 is 15.7 Å². The average molecular weight is 271 g/mol. The van der Waals surface area contributed by atoms with Crippen LogP contribution in [0.5, 0.6) is 0 Å². The maximum atomic E-state index is 11.5. The standard InChI is InChI=1S/C12H15ClN2O3/c1-8(12(17)18)14-6-5-11(16)15-10-4-2-3-9(13)7-10/h2-4,7-8,14H,5-6H2,1H3,(H,15,16)(H,17,18)/t8-/m0/s1. The van der Waals surface area contributed by atoms with E-state index in [1.54, 1.807) is 24.3 Å². The van der Waals surface area contributed by atoms with Gasteiger partial charge in [-0.05, 0) is 25.1 Å². The number of anilines is 1. The van der Waals surface area contributed by atoms with Crippen LogP contribution in [0, 0.1) is 0 Å². The van der Waals surface area contributed by atoms with Gasteiger partial charge in [0.25, 0.3) is 0 Å². The summed E-state index contributed by atoms with van der Waals surface area (Å²) in [5.41, 5.74) is 0.624. The molecule has 0 heterocycles. The van der Waals surface area contributed by atoms with E-state index in [0.29, 0.717) is 17.3 Å². The molecule has 98 valence electrons. The van der Waals surface area contributed by atoms with Crippen LogP contribution in [0.25, 0.3) is 0 Å². The molecule has 3 N–H and O–H groups in total. The lowest BCUT2D eigenvalue weighted by atomic mass is 10.3. The molecule has 18 heavy (non-hydrogen) atoms. The van der Waals surface area contributed by atoms with Crippen LogP contribution in [0.2, 0.25) is 5.02 Å². The van der Waals surface area contributed by atoms with E-state index < -0.39 is 12.0 Å². The maximum absolute atomic E-state index is 11.5. The Morgan fingerprint density at radius 1 is 1.44 bits per heavy atom. The second-order valence-electron chi connectivity index (χ2n) is 3.82. The molecule has 0 aromatic heterocycles. The van der Waals surface area contributed by atoms with Gasteiger partial charge in [-0.1, -0.05) is 17.7 Å². The van der Waals surface area contributed by atoms with Gasteiger partial charge in [-0.3, -0.25) is 9.59 Å². The minimum absolute atomic E-state index is 0.192. The molecule has 6 heteroatoms. The van der Waals surface area contributed by atoms with E-state index in [2.05, 4.69) is 10.6 Å². The van der Waals surface area contributed by atoms with E-state index >= 15 is 0 Å². The van der Waals surface area contributed by atoms with Crippen LogP contribution in [-0.2, 0) is 9.59 Å². The Hall–Kier alpha value is -1.59. The van der Waals surface area contributed by atoms with Crippen LogP contribution in [0.3, 0.4) is 0 Å². The van der Waals surface area contributed by atoms with Crippen LogP contribution in [0.15, 0.2) is 24.3 Å². The van der Waals surface area contributed by atoms with Crippen LogP contribution in [0.1, 0.15) is 13.3 Å². The van der Waals surface area contributed by atoms with Gasteiger partial charge in [-0.25, -0.2) is 0 Å². The van der Waals surface area contributed by atoms with Gasteiger partial charge in [-0.2, -0.15) is 0 Å². The minimum Gasteiger partial charge on any atom is -0.480 e. The van der Waals surface area contributed by atoms with Crippen LogP contribution in [-0.4, -0.2) is 29.6 Å². The van der Waals surface area contributed by atoms with Gasteiger partial charge in [0.15, 0.2) is 0 Å². The Morgan fingerprint density at radius 3 is 2.78 bits per heavy atom. The third kappa shape index (κ3) is 5.16. The number of nitrogens with one attached hydrogen (secondary N) is 2. The maximum Gasteiger partial charge on any atom is 0.320 e. The van der Waals surface area contributed by atoms with Crippen LogP contribution >= 0.6 is 11.6 Å². The largest absolute Gasteiger partial charge is 0.480 e. The molecule has 1 rings (SSSR count). The normalized spacial score (nSPS) is 11.9. The lowest BCUT2D eigenvalue weighted by Gasteiger charge is -2.09. The Bertz CT molecular complexity index is 437. The molecule has 0 aliphatic rings. The van der Waals surface area contributed by atoms with Crippen molar-refractivity contribution in [2.45, 2.75) is 19.4 Å². The number of benzene rings is 1. The first kappa shape index (κ1) is 14.5. The predicted octanol–water partition coefficient (Wildman–Crippen LogP) is 1.73. The highest BCUT2D eigenvalue weighted by Crippen LogP contribution is 2.14. The summed E-state index contributed by atoms with van der Waals surface area (Å²) in [6.45, 7) is 1.83. The summed E-state index contributed by atoms with van der Waals surface area (Å²) in [5, 5.41) is 14.6. The monoisotopic (exact) mass is 270 g/mol. The zero-order valence-electron chi connectivity index (χ0n) is 9.94. The number of hydrogen-bond donors (Lipinski definition) is 3. The van der Waals surface area contributed by atoms with Gasteiger partial charge in [0.05, 0.1) is 0 Å². The number of halogens is 1. The molecule has 0 unspecified atom stereocenters. The molecule has 1 aromatic rings. The number of carbonyl (C=O) groups excluding carboxylic acids is 1.